The van der Waals surface area contributed by atoms with Crippen molar-refractivity contribution in [1.82, 2.24) is 14.9 Å². The minimum Gasteiger partial charge on any atom is -0.356 e. The molecule has 0 bridgehead atoms. The Morgan fingerprint density at radius 2 is 1.23 bits per heavy atom. The summed E-state index contributed by atoms with van der Waals surface area (Å²) in [6, 6.07) is 8.61. The number of unbranched alkanes of at least 4 members (excludes halogenated alkanes) is 17. The number of fused-ring (bicyclic) bond motifs is 1. The second-order valence-electron chi connectivity index (χ2n) is 12.1. The van der Waals surface area contributed by atoms with Crippen LogP contribution >= 0.6 is 0 Å². The Morgan fingerprint density at radius 1 is 0.700 bits per heavy atom. The molecule has 0 aliphatic carbocycles. The zero-order chi connectivity index (χ0) is 28.7. The Kier molecular flexibility index (Phi) is 19.6. The van der Waals surface area contributed by atoms with Gasteiger partial charge in [-0.2, -0.15) is 0 Å². The summed E-state index contributed by atoms with van der Waals surface area (Å²) in [4.78, 5) is 17.2. The number of benzene rings is 1. The molecule has 0 spiro atoms. The first kappa shape index (κ1) is 34.4. The van der Waals surface area contributed by atoms with E-state index < -0.39 is 0 Å². The van der Waals surface area contributed by atoms with Gasteiger partial charge in [0.2, 0.25) is 5.91 Å². The number of aryl methyl sites for hydroxylation is 2. The number of nitrogens with one attached hydrogen (secondary N) is 1. The van der Waals surface area contributed by atoms with Crippen LogP contribution in [0.25, 0.3) is 11.0 Å². The second-order valence-corrected chi connectivity index (χ2v) is 12.1. The summed E-state index contributed by atoms with van der Waals surface area (Å²) in [7, 11) is 0. The van der Waals surface area contributed by atoms with E-state index in [-0.39, 0.29) is 11.8 Å². The maximum Gasteiger partial charge on any atom is 0.223 e. The van der Waals surface area contributed by atoms with Crippen molar-refractivity contribution in [3.63, 3.8) is 0 Å². The SMILES string of the molecule is CCCCCCCCCCCCCCCCCCn1c(CCCCCNC(=O)C(CC)CC)nc2ccccc21. The number of amides is 1. The molecule has 0 radical (unpaired) electrons. The minimum absolute atomic E-state index is 0.171. The second kappa shape index (κ2) is 22.8. The van der Waals surface area contributed by atoms with Gasteiger partial charge in [-0.05, 0) is 44.2 Å². The molecule has 2 aromatic rings. The Labute approximate surface area is 247 Å². The fourth-order valence-electron chi connectivity index (χ4n) is 5.98. The van der Waals surface area contributed by atoms with Gasteiger partial charge in [0.15, 0.2) is 0 Å². The van der Waals surface area contributed by atoms with Gasteiger partial charge < -0.3 is 9.88 Å². The highest BCUT2D eigenvalue weighted by Crippen LogP contribution is 2.20. The molecule has 0 aliphatic heterocycles. The van der Waals surface area contributed by atoms with E-state index in [1.165, 1.54) is 114 Å². The fourth-order valence-corrected chi connectivity index (χ4v) is 5.98. The van der Waals surface area contributed by atoms with Crippen LogP contribution in [0.15, 0.2) is 24.3 Å². The van der Waals surface area contributed by atoms with E-state index in [9.17, 15) is 4.79 Å². The van der Waals surface area contributed by atoms with Crippen LogP contribution in [0.2, 0.25) is 0 Å². The molecule has 4 nitrogen and oxygen atoms in total. The first-order chi connectivity index (χ1) is 19.7. The first-order valence-electron chi connectivity index (χ1n) is 17.4. The quantitative estimate of drug-likeness (QED) is 0.118. The zero-order valence-electron chi connectivity index (χ0n) is 26.7. The Morgan fingerprint density at radius 3 is 1.80 bits per heavy atom. The smallest absolute Gasteiger partial charge is 0.223 e. The highest BCUT2D eigenvalue weighted by Gasteiger charge is 2.13. The van der Waals surface area contributed by atoms with Gasteiger partial charge >= 0.3 is 0 Å². The molecule has 4 heteroatoms. The largest absolute Gasteiger partial charge is 0.356 e. The van der Waals surface area contributed by atoms with Crippen LogP contribution in [-0.2, 0) is 17.8 Å². The summed E-state index contributed by atoms with van der Waals surface area (Å²) in [6.07, 6.45) is 28.7. The molecule has 0 saturated heterocycles. The minimum atomic E-state index is 0.171. The fraction of sp³-hybridized carbons (Fsp3) is 0.778. The van der Waals surface area contributed by atoms with Gasteiger partial charge in [0.05, 0.1) is 11.0 Å². The third kappa shape index (κ3) is 14.2. The highest BCUT2D eigenvalue weighted by atomic mass is 16.1. The first-order valence-corrected chi connectivity index (χ1v) is 17.4. The van der Waals surface area contributed by atoms with Crippen molar-refractivity contribution in [2.24, 2.45) is 5.92 Å². The molecule has 0 saturated carbocycles. The predicted molar refractivity (Wildman–Crippen MR) is 174 cm³/mol. The van der Waals surface area contributed by atoms with Crippen LogP contribution in [0.4, 0.5) is 0 Å². The van der Waals surface area contributed by atoms with Gasteiger partial charge in [-0.15, -0.1) is 0 Å². The van der Waals surface area contributed by atoms with Crippen LogP contribution in [0.5, 0.6) is 0 Å². The highest BCUT2D eigenvalue weighted by molar-refractivity contribution is 5.78. The number of nitrogens with zero attached hydrogens (tertiary/aromatic N) is 2. The number of para-hydroxylation sites is 2. The van der Waals surface area contributed by atoms with Crippen molar-refractivity contribution < 1.29 is 4.79 Å². The molecule has 1 heterocycles. The lowest BCUT2D eigenvalue weighted by Gasteiger charge is -2.12. The van der Waals surface area contributed by atoms with Crippen LogP contribution < -0.4 is 5.32 Å². The number of hydrogen-bond acceptors (Lipinski definition) is 2. The van der Waals surface area contributed by atoms with Crippen molar-refractivity contribution in [2.45, 2.75) is 169 Å². The molecule has 0 atom stereocenters. The molecule has 1 aromatic heterocycles. The Hall–Kier alpha value is -1.84. The average Bonchev–Trinajstić information content (AvgIpc) is 3.32. The molecule has 1 amide bonds. The van der Waals surface area contributed by atoms with E-state index in [2.05, 4.69) is 54.9 Å². The number of aromatic nitrogens is 2. The van der Waals surface area contributed by atoms with Crippen molar-refractivity contribution in [3.8, 4) is 0 Å². The van der Waals surface area contributed by atoms with Gasteiger partial charge in [0, 0.05) is 25.4 Å². The van der Waals surface area contributed by atoms with Crippen molar-refractivity contribution >= 4 is 16.9 Å². The van der Waals surface area contributed by atoms with E-state index in [0.717, 1.165) is 57.1 Å². The van der Waals surface area contributed by atoms with Gasteiger partial charge in [0.1, 0.15) is 5.82 Å². The third-order valence-electron chi connectivity index (χ3n) is 8.70. The van der Waals surface area contributed by atoms with E-state index in [1.807, 2.05) is 0 Å². The number of carbonyl (C=O) groups excluding carboxylic acids is 1. The topological polar surface area (TPSA) is 46.9 Å². The Balaban J connectivity index is 1.56. The van der Waals surface area contributed by atoms with Crippen molar-refractivity contribution in [2.75, 3.05) is 6.54 Å². The lowest BCUT2D eigenvalue weighted by Crippen LogP contribution is -2.30. The van der Waals surface area contributed by atoms with E-state index >= 15 is 0 Å². The Bertz CT molecular complexity index is 885. The third-order valence-corrected chi connectivity index (χ3v) is 8.70. The average molecular weight is 554 g/mol. The molecule has 228 valence electrons. The summed E-state index contributed by atoms with van der Waals surface area (Å²) in [5.41, 5.74) is 2.42. The molecular formula is C36H63N3O. The number of imidazole rings is 1. The summed E-state index contributed by atoms with van der Waals surface area (Å²) < 4.78 is 2.48. The molecular weight excluding hydrogens is 490 g/mol. The molecule has 0 unspecified atom stereocenters. The lowest BCUT2D eigenvalue weighted by atomic mass is 10.0. The van der Waals surface area contributed by atoms with E-state index in [1.54, 1.807) is 0 Å². The number of carbonyl (C=O) groups is 1. The molecule has 0 fully saturated rings. The molecule has 0 aliphatic rings. The predicted octanol–water partition coefficient (Wildman–Crippen LogP) is 10.6. The summed E-state index contributed by atoms with van der Waals surface area (Å²) in [6.45, 7) is 8.37. The maximum absolute atomic E-state index is 12.2. The van der Waals surface area contributed by atoms with Crippen LogP contribution in [0, 0.1) is 5.92 Å². The van der Waals surface area contributed by atoms with E-state index in [4.69, 9.17) is 4.98 Å². The number of hydrogen-bond donors (Lipinski definition) is 1. The zero-order valence-corrected chi connectivity index (χ0v) is 26.7. The summed E-state index contributed by atoms with van der Waals surface area (Å²) in [5, 5.41) is 3.13. The molecule has 40 heavy (non-hydrogen) atoms. The van der Waals surface area contributed by atoms with Gasteiger partial charge in [-0.25, -0.2) is 4.98 Å². The van der Waals surface area contributed by atoms with Crippen LogP contribution in [0.1, 0.15) is 161 Å². The lowest BCUT2D eigenvalue weighted by molar-refractivity contribution is -0.125. The van der Waals surface area contributed by atoms with Crippen LogP contribution in [-0.4, -0.2) is 22.0 Å². The standard InChI is InChI=1S/C36H63N3O/c1-4-7-8-9-10-11-12-13-14-15-16-17-18-19-20-26-31-39-34-28-24-23-27-33(34)38-35(39)29-22-21-25-30-37-36(40)32(5-2)6-3/h23-24,27-28,32H,4-22,25-26,29-31H2,1-3H3,(H,37,40). The molecule has 1 aromatic carbocycles. The van der Waals surface area contributed by atoms with Gasteiger partial charge in [-0.3, -0.25) is 4.79 Å². The monoisotopic (exact) mass is 553 g/mol. The van der Waals surface area contributed by atoms with Crippen molar-refractivity contribution in [1.29, 1.82) is 0 Å². The summed E-state index contributed by atoms with van der Waals surface area (Å²) in [5.74, 6) is 1.64. The number of rotatable bonds is 26. The van der Waals surface area contributed by atoms with Crippen LogP contribution in [0.3, 0.4) is 0 Å². The maximum atomic E-state index is 12.2. The van der Waals surface area contributed by atoms with Crippen molar-refractivity contribution in [3.05, 3.63) is 30.1 Å². The van der Waals surface area contributed by atoms with E-state index in [0.29, 0.717) is 0 Å². The summed E-state index contributed by atoms with van der Waals surface area (Å²) >= 11 is 0. The van der Waals surface area contributed by atoms with Gasteiger partial charge in [0.25, 0.3) is 0 Å². The van der Waals surface area contributed by atoms with Gasteiger partial charge in [-0.1, -0.05) is 136 Å². The normalized spacial score (nSPS) is 11.6. The molecule has 2 rings (SSSR count). The molecule has 1 N–H and O–H groups in total.